The molecule has 92 valence electrons. The molecule has 0 aliphatic carbocycles. The predicted octanol–water partition coefficient (Wildman–Crippen LogP) is 0.132. The van der Waals surface area contributed by atoms with Gasteiger partial charge in [0, 0.05) is 6.92 Å². The molecule has 0 saturated carbocycles. The first kappa shape index (κ1) is 11.9. The number of ether oxygens (including phenoxy) is 1. The van der Waals surface area contributed by atoms with Crippen molar-refractivity contribution in [1.29, 1.82) is 0 Å². The Bertz CT molecular complexity index is 722. The third-order valence-corrected chi connectivity index (χ3v) is 2.16. The highest BCUT2D eigenvalue weighted by Gasteiger charge is 1.98. The molecule has 5 heteroatoms. The van der Waals surface area contributed by atoms with Crippen LogP contribution in [-0.2, 0) is 4.79 Å². The number of H-pyrrole nitrogens is 1. The molecule has 5 nitrogen and oxygen atoms in total. The fraction of sp³-hybridized carbons (Fsp3) is 0.0769. The second-order valence-corrected chi connectivity index (χ2v) is 3.66. The highest BCUT2D eigenvalue weighted by molar-refractivity contribution is 5.69. The molecule has 0 amide bonds. The number of esters is 1. The molecule has 2 rings (SSSR count). The van der Waals surface area contributed by atoms with Crippen molar-refractivity contribution in [2.75, 3.05) is 0 Å². The first-order chi connectivity index (χ1) is 8.54. The third-order valence-electron chi connectivity index (χ3n) is 2.16. The molecule has 0 atom stereocenters. The summed E-state index contributed by atoms with van der Waals surface area (Å²) in [6, 6.07) is 6.73. The van der Waals surface area contributed by atoms with E-state index in [1.807, 2.05) is 0 Å². The predicted molar refractivity (Wildman–Crippen MR) is 65.4 cm³/mol. The van der Waals surface area contributed by atoms with Gasteiger partial charge in [-0.25, -0.2) is 4.79 Å². The Hall–Kier alpha value is -2.56. The summed E-state index contributed by atoms with van der Waals surface area (Å²) in [5.74, 6) is 0.0782. The normalized spacial score (nSPS) is 11.5. The van der Waals surface area contributed by atoms with E-state index >= 15 is 0 Å². The number of aromatic amines is 1. The van der Waals surface area contributed by atoms with Gasteiger partial charge in [-0.2, -0.15) is 0 Å². The van der Waals surface area contributed by atoms with Gasteiger partial charge < -0.3 is 14.1 Å². The van der Waals surface area contributed by atoms with Gasteiger partial charge in [0.05, 0.1) is 0 Å². The van der Waals surface area contributed by atoms with Crippen LogP contribution in [0.15, 0.2) is 33.5 Å². The van der Waals surface area contributed by atoms with E-state index in [4.69, 9.17) is 9.15 Å². The molecule has 0 bridgehead atoms. The van der Waals surface area contributed by atoms with Crippen molar-refractivity contribution in [3.8, 4) is 5.75 Å². The van der Waals surface area contributed by atoms with Gasteiger partial charge in [-0.1, -0.05) is 12.1 Å². The van der Waals surface area contributed by atoms with Gasteiger partial charge in [-0.3, -0.25) is 4.79 Å². The van der Waals surface area contributed by atoms with E-state index in [1.165, 1.54) is 6.92 Å². The summed E-state index contributed by atoms with van der Waals surface area (Å²) in [7, 11) is 0. The van der Waals surface area contributed by atoms with Crippen LogP contribution in [0.1, 0.15) is 12.5 Å². The zero-order chi connectivity index (χ0) is 13.1. The van der Waals surface area contributed by atoms with Crippen molar-refractivity contribution in [2.45, 2.75) is 6.92 Å². The molecule has 0 saturated heterocycles. The minimum absolute atomic E-state index is 0.211. The van der Waals surface area contributed by atoms with Crippen LogP contribution in [0.2, 0.25) is 0 Å². The molecule has 0 unspecified atom stereocenters. The van der Waals surface area contributed by atoms with Crippen molar-refractivity contribution in [1.82, 2.24) is 4.98 Å². The van der Waals surface area contributed by atoms with E-state index < -0.39 is 5.63 Å². The van der Waals surface area contributed by atoms with Crippen LogP contribution in [0.5, 0.6) is 5.75 Å². The molecule has 1 N–H and O–H groups in total. The Morgan fingerprint density at radius 2 is 2.06 bits per heavy atom. The van der Waals surface area contributed by atoms with Gasteiger partial charge in [0.1, 0.15) is 11.1 Å². The first-order valence-electron chi connectivity index (χ1n) is 5.23. The molecular weight excluding hydrogens is 234 g/mol. The molecule has 0 spiro atoms. The zero-order valence-corrected chi connectivity index (χ0v) is 9.73. The highest BCUT2D eigenvalue weighted by Crippen LogP contribution is 2.12. The molecule has 0 radical (unpaired) electrons. The number of carbonyl (C=O) groups excluding carboxylic acids is 1. The molecule has 1 aromatic heterocycles. The second-order valence-electron chi connectivity index (χ2n) is 3.66. The van der Waals surface area contributed by atoms with Gasteiger partial charge in [0.2, 0.25) is 0 Å². The van der Waals surface area contributed by atoms with E-state index in [2.05, 4.69) is 11.6 Å². The summed E-state index contributed by atoms with van der Waals surface area (Å²) in [5.41, 5.74) is 0.520. The maximum atomic E-state index is 11.3. The Labute approximate surface area is 102 Å². The molecule has 18 heavy (non-hydrogen) atoms. The molecule has 0 aliphatic heterocycles. The van der Waals surface area contributed by atoms with Gasteiger partial charge in [0.15, 0.2) is 5.55 Å². The van der Waals surface area contributed by atoms with E-state index in [0.29, 0.717) is 11.1 Å². The van der Waals surface area contributed by atoms with Crippen LogP contribution in [0.3, 0.4) is 0 Å². The summed E-state index contributed by atoms with van der Waals surface area (Å²) in [5, 5.41) is 0.320. The number of aromatic nitrogens is 1. The van der Waals surface area contributed by atoms with Gasteiger partial charge in [-0.15, -0.1) is 0 Å². The largest absolute Gasteiger partial charge is 0.427 e. The lowest BCUT2D eigenvalue weighted by Gasteiger charge is -2.00. The van der Waals surface area contributed by atoms with E-state index in [-0.39, 0.29) is 11.5 Å². The summed E-state index contributed by atoms with van der Waals surface area (Å²) in [4.78, 5) is 24.8. The maximum Gasteiger partial charge on any atom is 0.361 e. The summed E-state index contributed by atoms with van der Waals surface area (Å²) in [6.45, 7) is 4.82. The van der Waals surface area contributed by atoms with E-state index in [0.717, 1.165) is 5.56 Å². The number of benzene rings is 1. The monoisotopic (exact) mass is 245 g/mol. The van der Waals surface area contributed by atoms with Crippen molar-refractivity contribution in [2.24, 2.45) is 0 Å². The second kappa shape index (κ2) is 4.75. The van der Waals surface area contributed by atoms with E-state index in [1.54, 1.807) is 30.3 Å². The van der Waals surface area contributed by atoms with Crippen molar-refractivity contribution in [3.05, 3.63) is 51.1 Å². The van der Waals surface area contributed by atoms with Crippen molar-refractivity contribution in [3.63, 3.8) is 0 Å². The molecule has 0 aliphatic rings. The van der Waals surface area contributed by atoms with Crippen LogP contribution < -0.4 is 21.3 Å². The summed E-state index contributed by atoms with van der Waals surface area (Å²) in [6.07, 6.45) is 1.62. The summed E-state index contributed by atoms with van der Waals surface area (Å²) >= 11 is 0. The standard InChI is InChI=1S/C13H11NO4/c1-8-14-12(13(16)17-8)7-10-3-5-11(6-4-10)18-9(2)15/h3-7,14H,1H2,2H3. The Morgan fingerprint density at radius 3 is 2.56 bits per heavy atom. The number of nitrogens with one attached hydrogen (secondary N) is 1. The molecule has 0 fully saturated rings. The lowest BCUT2D eigenvalue weighted by Crippen LogP contribution is -2.20. The average molecular weight is 245 g/mol. The quantitative estimate of drug-likeness (QED) is 0.603. The van der Waals surface area contributed by atoms with Crippen molar-refractivity contribution >= 4 is 18.6 Å². The number of rotatable bonds is 2. The fourth-order valence-corrected chi connectivity index (χ4v) is 1.45. The Balaban J connectivity index is 2.34. The summed E-state index contributed by atoms with van der Waals surface area (Å²) < 4.78 is 9.64. The van der Waals surface area contributed by atoms with Gasteiger partial charge in [-0.05, 0) is 30.4 Å². The average Bonchev–Trinajstić information content (AvgIpc) is 2.59. The number of hydrogen-bond donors (Lipinski definition) is 1. The smallest absolute Gasteiger partial charge is 0.361 e. The fourth-order valence-electron chi connectivity index (χ4n) is 1.45. The number of oxazole rings is 1. The third kappa shape index (κ3) is 2.76. The van der Waals surface area contributed by atoms with Gasteiger partial charge >= 0.3 is 11.6 Å². The number of carbonyl (C=O) groups is 1. The lowest BCUT2D eigenvalue weighted by molar-refractivity contribution is -0.131. The van der Waals surface area contributed by atoms with Crippen LogP contribution in [0, 0.1) is 0 Å². The lowest BCUT2D eigenvalue weighted by atomic mass is 10.2. The van der Waals surface area contributed by atoms with Crippen LogP contribution in [0.4, 0.5) is 0 Å². The van der Waals surface area contributed by atoms with Gasteiger partial charge in [0.25, 0.3) is 0 Å². The SMILES string of the molecule is C=c1[nH]c(=Cc2ccc(OC(C)=O)cc2)c(=O)o1. The van der Waals surface area contributed by atoms with Crippen LogP contribution in [-0.4, -0.2) is 11.0 Å². The zero-order valence-electron chi connectivity index (χ0n) is 9.73. The molecular formula is C13H11NO4. The minimum atomic E-state index is -0.468. The van der Waals surface area contributed by atoms with E-state index in [9.17, 15) is 9.59 Å². The molecule has 1 aromatic carbocycles. The first-order valence-corrected chi connectivity index (χ1v) is 5.23. The minimum Gasteiger partial charge on any atom is -0.427 e. The molecule has 1 heterocycles. The maximum absolute atomic E-state index is 11.3. The highest BCUT2D eigenvalue weighted by atomic mass is 16.5. The number of hydrogen-bond acceptors (Lipinski definition) is 4. The van der Waals surface area contributed by atoms with Crippen LogP contribution in [0.25, 0.3) is 12.7 Å². The van der Waals surface area contributed by atoms with Crippen molar-refractivity contribution < 1.29 is 13.9 Å². The molecule has 2 aromatic rings. The topological polar surface area (TPSA) is 72.3 Å². The Kier molecular flexibility index (Phi) is 3.14. The Morgan fingerprint density at radius 1 is 1.39 bits per heavy atom. The van der Waals surface area contributed by atoms with Crippen LogP contribution >= 0.6 is 0 Å².